The van der Waals surface area contributed by atoms with Crippen LogP contribution in [0, 0.1) is 10.1 Å². The number of methoxy groups -OCH3 is 1. The molecule has 0 atom stereocenters. The molecule has 0 bridgehead atoms. The fourth-order valence-corrected chi connectivity index (χ4v) is 1.94. The third-order valence-corrected chi connectivity index (χ3v) is 2.78. The lowest BCUT2D eigenvalue weighted by molar-refractivity contribution is -0.385. The van der Waals surface area contributed by atoms with E-state index in [2.05, 4.69) is 0 Å². The summed E-state index contributed by atoms with van der Waals surface area (Å²) in [6, 6.07) is 3.97. The number of para-hydroxylation sites is 1. The van der Waals surface area contributed by atoms with Crippen LogP contribution < -0.4 is 4.74 Å². The highest BCUT2D eigenvalue weighted by Crippen LogP contribution is 2.36. The molecule has 8 nitrogen and oxygen atoms in total. The standard InChI is InChI=1S/C14H17NO7/c1-4-21-13(16)11(14(17)22-5-2)9-7-6-8-10(15(18)19)12(9)20-3/h6-8,11H,4-5H2,1-3H3. The van der Waals surface area contributed by atoms with Crippen molar-refractivity contribution in [3.8, 4) is 5.75 Å². The van der Waals surface area contributed by atoms with Gasteiger partial charge in [0.25, 0.3) is 0 Å². The predicted molar refractivity (Wildman–Crippen MR) is 75.7 cm³/mol. The summed E-state index contributed by atoms with van der Waals surface area (Å²) in [6.07, 6.45) is 0. The fourth-order valence-electron chi connectivity index (χ4n) is 1.94. The van der Waals surface area contributed by atoms with Crippen molar-refractivity contribution in [3.63, 3.8) is 0 Å². The Balaban J connectivity index is 3.41. The molecule has 0 unspecified atom stereocenters. The second-order valence-electron chi connectivity index (χ2n) is 4.09. The first kappa shape index (κ1) is 17.4. The Labute approximate surface area is 127 Å². The van der Waals surface area contributed by atoms with E-state index in [1.54, 1.807) is 13.8 Å². The maximum atomic E-state index is 12.1. The van der Waals surface area contributed by atoms with Crippen molar-refractivity contribution in [1.82, 2.24) is 0 Å². The first-order valence-electron chi connectivity index (χ1n) is 6.62. The molecule has 1 aromatic rings. The number of nitro groups is 1. The van der Waals surface area contributed by atoms with Crippen LogP contribution in [0.25, 0.3) is 0 Å². The van der Waals surface area contributed by atoms with E-state index < -0.39 is 22.8 Å². The van der Waals surface area contributed by atoms with Crippen molar-refractivity contribution in [3.05, 3.63) is 33.9 Å². The summed E-state index contributed by atoms with van der Waals surface area (Å²) in [6.45, 7) is 3.30. The van der Waals surface area contributed by atoms with Crippen LogP contribution in [0.15, 0.2) is 18.2 Å². The van der Waals surface area contributed by atoms with Gasteiger partial charge in [0.05, 0.1) is 25.2 Å². The fraction of sp³-hybridized carbons (Fsp3) is 0.429. The van der Waals surface area contributed by atoms with Crippen LogP contribution in [-0.2, 0) is 19.1 Å². The topological polar surface area (TPSA) is 105 Å². The molecule has 1 rings (SSSR count). The monoisotopic (exact) mass is 311 g/mol. The zero-order chi connectivity index (χ0) is 16.7. The first-order chi connectivity index (χ1) is 10.5. The van der Waals surface area contributed by atoms with E-state index in [1.165, 1.54) is 25.3 Å². The normalized spacial score (nSPS) is 10.2. The van der Waals surface area contributed by atoms with Crippen LogP contribution in [0.5, 0.6) is 5.75 Å². The van der Waals surface area contributed by atoms with Crippen molar-refractivity contribution in [2.75, 3.05) is 20.3 Å². The molecule has 22 heavy (non-hydrogen) atoms. The Morgan fingerprint density at radius 2 is 1.73 bits per heavy atom. The maximum absolute atomic E-state index is 12.1. The average Bonchev–Trinajstić information content (AvgIpc) is 2.47. The van der Waals surface area contributed by atoms with Crippen LogP contribution in [0.2, 0.25) is 0 Å². The van der Waals surface area contributed by atoms with Gasteiger partial charge in [-0.05, 0) is 13.8 Å². The Morgan fingerprint density at radius 1 is 1.18 bits per heavy atom. The molecule has 8 heteroatoms. The molecule has 1 aromatic carbocycles. The number of nitrogens with zero attached hydrogens (tertiary/aromatic N) is 1. The molecule has 0 radical (unpaired) electrons. The molecule has 0 fully saturated rings. The quantitative estimate of drug-likeness (QED) is 0.327. The van der Waals surface area contributed by atoms with Gasteiger partial charge < -0.3 is 14.2 Å². The molecule has 0 saturated carbocycles. The van der Waals surface area contributed by atoms with E-state index >= 15 is 0 Å². The lowest BCUT2D eigenvalue weighted by Crippen LogP contribution is -2.26. The van der Waals surface area contributed by atoms with Crippen LogP contribution in [0.1, 0.15) is 25.3 Å². The lowest BCUT2D eigenvalue weighted by atomic mass is 9.97. The second-order valence-corrected chi connectivity index (χ2v) is 4.09. The van der Waals surface area contributed by atoms with Gasteiger partial charge in [-0.2, -0.15) is 0 Å². The highest BCUT2D eigenvalue weighted by atomic mass is 16.6. The number of ether oxygens (including phenoxy) is 3. The molecule has 120 valence electrons. The number of hydrogen-bond donors (Lipinski definition) is 0. The molecule has 0 aliphatic carbocycles. The number of rotatable bonds is 7. The minimum absolute atomic E-state index is 0.0357. The SMILES string of the molecule is CCOC(=O)C(C(=O)OCC)c1cccc([N+](=O)[O-])c1OC. The molecule has 0 heterocycles. The third-order valence-electron chi connectivity index (χ3n) is 2.78. The van der Waals surface area contributed by atoms with E-state index in [1.807, 2.05) is 0 Å². The zero-order valence-electron chi connectivity index (χ0n) is 12.5. The van der Waals surface area contributed by atoms with Crippen molar-refractivity contribution in [1.29, 1.82) is 0 Å². The highest BCUT2D eigenvalue weighted by Gasteiger charge is 2.36. The average molecular weight is 311 g/mol. The molecule has 0 aromatic heterocycles. The van der Waals surface area contributed by atoms with Gasteiger partial charge in [-0.3, -0.25) is 19.7 Å². The van der Waals surface area contributed by atoms with Gasteiger partial charge >= 0.3 is 17.6 Å². The van der Waals surface area contributed by atoms with Crippen molar-refractivity contribution >= 4 is 17.6 Å². The molecule has 0 spiro atoms. The van der Waals surface area contributed by atoms with Gasteiger partial charge in [0.15, 0.2) is 5.92 Å². The van der Waals surface area contributed by atoms with E-state index in [4.69, 9.17) is 14.2 Å². The van der Waals surface area contributed by atoms with E-state index in [0.717, 1.165) is 0 Å². The Morgan fingerprint density at radius 3 is 2.14 bits per heavy atom. The molecular formula is C14H17NO7. The zero-order valence-corrected chi connectivity index (χ0v) is 12.5. The Kier molecular flexibility index (Phi) is 6.30. The van der Waals surface area contributed by atoms with Gasteiger partial charge in [0, 0.05) is 11.6 Å². The van der Waals surface area contributed by atoms with Gasteiger partial charge in [-0.1, -0.05) is 12.1 Å². The van der Waals surface area contributed by atoms with Crippen LogP contribution in [0.4, 0.5) is 5.69 Å². The van der Waals surface area contributed by atoms with Crippen molar-refractivity contribution in [2.24, 2.45) is 0 Å². The predicted octanol–water partition coefficient (Wildman–Crippen LogP) is 1.81. The number of hydrogen-bond acceptors (Lipinski definition) is 7. The van der Waals surface area contributed by atoms with Crippen molar-refractivity contribution in [2.45, 2.75) is 19.8 Å². The minimum atomic E-state index is -1.44. The van der Waals surface area contributed by atoms with Crippen LogP contribution in [0.3, 0.4) is 0 Å². The Hall–Kier alpha value is -2.64. The molecule has 0 N–H and O–H groups in total. The number of carbonyl (C=O) groups excluding carboxylic acids is 2. The van der Waals surface area contributed by atoms with Gasteiger partial charge in [0.1, 0.15) is 0 Å². The van der Waals surface area contributed by atoms with Crippen LogP contribution in [-0.4, -0.2) is 37.2 Å². The van der Waals surface area contributed by atoms with E-state index in [9.17, 15) is 19.7 Å². The first-order valence-corrected chi connectivity index (χ1v) is 6.62. The lowest BCUT2D eigenvalue weighted by Gasteiger charge is -2.17. The molecule has 0 aliphatic rings. The van der Waals surface area contributed by atoms with Crippen LogP contribution >= 0.6 is 0 Å². The summed E-state index contributed by atoms with van der Waals surface area (Å²) in [5.41, 5.74) is -0.313. The highest BCUT2D eigenvalue weighted by molar-refractivity contribution is 6.01. The number of esters is 2. The summed E-state index contributed by atoms with van der Waals surface area (Å²) in [7, 11) is 1.22. The summed E-state index contributed by atoms with van der Waals surface area (Å²) >= 11 is 0. The Bertz CT molecular complexity index is 552. The molecular weight excluding hydrogens is 294 g/mol. The summed E-state index contributed by atoms with van der Waals surface area (Å²) in [5.74, 6) is -3.30. The number of benzene rings is 1. The summed E-state index contributed by atoms with van der Waals surface area (Å²) in [4.78, 5) is 34.5. The largest absolute Gasteiger partial charge is 0.490 e. The van der Waals surface area contributed by atoms with Crippen molar-refractivity contribution < 1.29 is 28.7 Å². The molecule has 0 aliphatic heterocycles. The molecule has 0 amide bonds. The second kappa shape index (κ2) is 7.96. The minimum Gasteiger partial charge on any atom is -0.490 e. The summed E-state index contributed by atoms with van der Waals surface area (Å²) in [5, 5.41) is 11.0. The maximum Gasteiger partial charge on any atom is 0.325 e. The van der Waals surface area contributed by atoms with Gasteiger partial charge in [-0.25, -0.2) is 0 Å². The molecule has 0 saturated heterocycles. The van der Waals surface area contributed by atoms with E-state index in [0.29, 0.717) is 0 Å². The summed E-state index contributed by atoms with van der Waals surface area (Å²) < 4.78 is 14.7. The van der Waals surface area contributed by atoms with E-state index in [-0.39, 0.29) is 30.2 Å². The number of carbonyl (C=O) groups is 2. The third kappa shape index (κ3) is 3.72. The number of nitro benzene ring substituents is 1. The smallest absolute Gasteiger partial charge is 0.325 e. The van der Waals surface area contributed by atoms with Gasteiger partial charge in [-0.15, -0.1) is 0 Å². The van der Waals surface area contributed by atoms with Gasteiger partial charge in [0.2, 0.25) is 5.75 Å².